The molecular formula is C20H22O2. The summed E-state index contributed by atoms with van der Waals surface area (Å²) in [5.74, 6) is -0.278. The van der Waals surface area contributed by atoms with Crippen molar-refractivity contribution in [3.05, 3.63) is 77.4 Å². The predicted octanol–water partition coefficient (Wildman–Crippen LogP) is 4.54. The SMILES string of the molecule is C=Cc1cccc(C(=O)C(O)c2ccccc2)c1C(C)(C)C. The molecule has 0 radical (unpaired) electrons. The monoisotopic (exact) mass is 294 g/mol. The van der Waals surface area contributed by atoms with Gasteiger partial charge in [0.2, 0.25) is 0 Å². The Morgan fingerprint density at radius 2 is 1.73 bits per heavy atom. The average Bonchev–Trinajstić information content (AvgIpc) is 2.52. The summed E-state index contributed by atoms with van der Waals surface area (Å²) in [4.78, 5) is 12.8. The molecule has 1 N–H and O–H groups in total. The molecule has 2 aromatic carbocycles. The molecule has 0 amide bonds. The first kappa shape index (κ1) is 16.2. The number of hydrogen-bond donors (Lipinski definition) is 1. The molecule has 0 aliphatic carbocycles. The zero-order valence-corrected chi connectivity index (χ0v) is 13.3. The lowest BCUT2D eigenvalue weighted by Crippen LogP contribution is -2.22. The molecule has 0 aromatic heterocycles. The first-order valence-corrected chi connectivity index (χ1v) is 7.39. The number of carbonyl (C=O) groups excluding carboxylic acids is 1. The average molecular weight is 294 g/mol. The Kier molecular flexibility index (Phi) is 4.62. The van der Waals surface area contributed by atoms with Gasteiger partial charge >= 0.3 is 0 Å². The van der Waals surface area contributed by atoms with Gasteiger partial charge in [-0.25, -0.2) is 0 Å². The van der Waals surface area contributed by atoms with Crippen LogP contribution in [0.2, 0.25) is 0 Å². The number of rotatable bonds is 4. The molecule has 0 saturated carbocycles. The van der Waals surface area contributed by atoms with Gasteiger partial charge in [-0.1, -0.05) is 82.0 Å². The minimum Gasteiger partial charge on any atom is -0.380 e. The second-order valence-corrected chi connectivity index (χ2v) is 6.40. The molecule has 1 unspecified atom stereocenters. The fraction of sp³-hybridized carbons (Fsp3) is 0.250. The van der Waals surface area contributed by atoms with Crippen LogP contribution in [0.15, 0.2) is 55.1 Å². The summed E-state index contributed by atoms with van der Waals surface area (Å²) in [7, 11) is 0. The summed E-state index contributed by atoms with van der Waals surface area (Å²) >= 11 is 0. The van der Waals surface area contributed by atoms with Crippen molar-refractivity contribution in [2.75, 3.05) is 0 Å². The number of benzene rings is 2. The summed E-state index contributed by atoms with van der Waals surface area (Å²) in [6.07, 6.45) is 0.606. The highest BCUT2D eigenvalue weighted by Crippen LogP contribution is 2.32. The summed E-state index contributed by atoms with van der Waals surface area (Å²) in [6.45, 7) is 10.0. The maximum Gasteiger partial charge on any atom is 0.196 e. The van der Waals surface area contributed by atoms with Gasteiger partial charge in [0, 0.05) is 5.56 Å². The molecule has 0 aliphatic rings. The van der Waals surface area contributed by atoms with Gasteiger partial charge in [-0.05, 0) is 22.1 Å². The molecule has 2 nitrogen and oxygen atoms in total. The van der Waals surface area contributed by atoms with E-state index in [1.54, 1.807) is 24.3 Å². The number of aliphatic hydroxyl groups excluding tert-OH is 1. The normalized spacial score (nSPS) is 12.7. The highest BCUT2D eigenvalue weighted by molar-refractivity contribution is 6.02. The van der Waals surface area contributed by atoms with Gasteiger partial charge < -0.3 is 5.11 Å². The van der Waals surface area contributed by atoms with Crippen molar-refractivity contribution < 1.29 is 9.90 Å². The Morgan fingerprint density at radius 3 is 2.27 bits per heavy atom. The number of aliphatic hydroxyl groups is 1. The van der Waals surface area contributed by atoms with E-state index in [2.05, 4.69) is 27.4 Å². The highest BCUT2D eigenvalue weighted by atomic mass is 16.3. The number of ketones is 1. The van der Waals surface area contributed by atoms with Crippen LogP contribution < -0.4 is 0 Å². The van der Waals surface area contributed by atoms with E-state index in [0.29, 0.717) is 11.1 Å². The lowest BCUT2D eigenvalue weighted by atomic mass is 9.78. The van der Waals surface area contributed by atoms with Crippen molar-refractivity contribution in [3.8, 4) is 0 Å². The van der Waals surface area contributed by atoms with Gasteiger partial charge in [0.15, 0.2) is 5.78 Å². The van der Waals surface area contributed by atoms with Gasteiger partial charge in [0.25, 0.3) is 0 Å². The Morgan fingerprint density at radius 1 is 1.09 bits per heavy atom. The van der Waals surface area contributed by atoms with Crippen LogP contribution >= 0.6 is 0 Å². The zero-order chi connectivity index (χ0) is 16.3. The van der Waals surface area contributed by atoms with Crippen molar-refractivity contribution in [2.45, 2.75) is 32.3 Å². The van der Waals surface area contributed by atoms with E-state index in [1.807, 2.05) is 30.3 Å². The van der Waals surface area contributed by atoms with Crippen molar-refractivity contribution in [1.82, 2.24) is 0 Å². The lowest BCUT2D eigenvalue weighted by molar-refractivity contribution is 0.0745. The number of Topliss-reactive ketones (excluding diaryl/α,β-unsaturated/α-hetero) is 1. The molecule has 2 rings (SSSR count). The van der Waals surface area contributed by atoms with Gasteiger partial charge in [-0.2, -0.15) is 0 Å². The van der Waals surface area contributed by atoms with E-state index >= 15 is 0 Å². The summed E-state index contributed by atoms with van der Waals surface area (Å²) < 4.78 is 0. The minimum absolute atomic E-state index is 0.216. The second kappa shape index (κ2) is 6.29. The van der Waals surface area contributed by atoms with Crippen molar-refractivity contribution in [1.29, 1.82) is 0 Å². The topological polar surface area (TPSA) is 37.3 Å². The zero-order valence-electron chi connectivity index (χ0n) is 13.3. The molecule has 2 heteroatoms. The third-order valence-corrected chi connectivity index (χ3v) is 3.70. The standard InChI is InChI=1S/C20H22O2/c1-5-14-12-9-13-16(17(14)20(2,3)4)19(22)18(21)15-10-7-6-8-11-15/h5-13,18,21H,1H2,2-4H3. The van der Waals surface area contributed by atoms with Crippen LogP contribution in [-0.4, -0.2) is 10.9 Å². The Hall–Kier alpha value is -2.19. The predicted molar refractivity (Wildman–Crippen MR) is 91.0 cm³/mol. The Bertz CT molecular complexity index is 679. The molecule has 0 fully saturated rings. The quantitative estimate of drug-likeness (QED) is 0.840. The van der Waals surface area contributed by atoms with Gasteiger partial charge in [-0.15, -0.1) is 0 Å². The second-order valence-electron chi connectivity index (χ2n) is 6.40. The fourth-order valence-corrected chi connectivity index (χ4v) is 2.72. The molecule has 0 saturated heterocycles. The molecule has 0 heterocycles. The smallest absolute Gasteiger partial charge is 0.196 e. The molecule has 22 heavy (non-hydrogen) atoms. The van der Waals surface area contributed by atoms with Crippen LogP contribution in [0.1, 0.15) is 53.9 Å². The summed E-state index contributed by atoms with van der Waals surface area (Å²) in [6, 6.07) is 14.6. The third kappa shape index (κ3) is 3.18. The summed E-state index contributed by atoms with van der Waals surface area (Å²) in [5, 5.41) is 10.4. The van der Waals surface area contributed by atoms with Crippen LogP contribution in [0.4, 0.5) is 0 Å². The largest absolute Gasteiger partial charge is 0.380 e. The molecule has 0 spiro atoms. The first-order chi connectivity index (χ1) is 10.4. The van der Waals surface area contributed by atoms with Gasteiger partial charge in [0.05, 0.1) is 0 Å². The molecule has 2 aromatic rings. The minimum atomic E-state index is -1.15. The van der Waals surface area contributed by atoms with Gasteiger partial charge in [-0.3, -0.25) is 4.79 Å². The fourth-order valence-electron chi connectivity index (χ4n) is 2.72. The lowest BCUT2D eigenvalue weighted by Gasteiger charge is -2.26. The van der Waals surface area contributed by atoms with Crippen molar-refractivity contribution >= 4 is 11.9 Å². The number of hydrogen-bond acceptors (Lipinski definition) is 2. The molecule has 1 atom stereocenters. The summed E-state index contributed by atoms with van der Waals surface area (Å²) in [5.41, 5.74) is 2.80. The van der Waals surface area contributed by atoms with E-state index < -0.39 is 6.10 Å². The van der Waals surface area contributed by atoms with E-state index in [0.717, 1.165) is 11.1 Å². The van der Waals surface area contributed by atoms with Crippen LogP contribution in [-0.2, 0) is 5.41 Å². The molecular weight excluding hydrogens is 272 g/mol. The van der Waals surface area contributed by atoms with Crippen LogP contribution in [0.3, 0.4) is 0 Å². The van der Waals surface area contributed by atoms with Crippen molar-refractivity contribution in [3.63, 3.8) is 0 Å². The first-order valence-electron chi connectivity index (χ1n) is 7.39. The Balaban J connectivity index is 2.53. The molecule has 114 valence electrons. The van der Waals surface area contributed by atoms with Crippen LogP contribution in [0.5, 0.6) is 0 Å². The number of carbonyl (C=O) groups is 1. The Labute approximate surface area is 132 Å². The van der Waals surface area contributed by atoms with E-state index in [4.69, 9.17) is 0 Å². The van der Waals surface area contributed by atoms with Crippen LogP contribution in [0, 0.1) is 0 Å². The van der Waals surface area contributed by atoms with Crippen LogP contribution in [0.25, 0.3) is 6.08 Å². The third-order valence-electron chi connectivity index (χ3n) is 3.70. The maximum absolute atomic E-state index is 12.8. The van der Waals surface area contributed by atoms with Gasteiger partial charge in [0.1, 0.15) is 6.10 Å². The van der Waals surface area contributed by atoms with E-state index in [9.17, 15) is 9.90 Å². The van der Waals surface area contributed by atoms with E-state index in [-0.39, 0.29) is 11.2 Å². The highest BCUT2D eigenvalue weighted by Gasteiger charge is 2.27. The maximum atomic E-state index is 12.8. The van der Waals surface area contributed by atoms with Crippen molar-refractivity contribution in [2.24, 2.45) is 0 Å². The molecule has 0 bridgehead atoms. The molecule has 0 aliphatic heterocycles. The van der Waals surface area contributed by atoms with E-state index in [1.165, 1.54) is 0 Å².